The third-order valence-corrected chi connectivity index (χ3v) is 5.37. The van der Waals surface area contributed by atoms with Crippen LogP contribution in [0.15, 0.2) is 48.8 Å². The van der Waals surface area contributed by atoms with E-state index in [4.69, 9.17) is 4.98 Å². The van der Waals surface area contributed by atoms with E-state index in [0.29, 0.717) is 5.92 Å². The molecule has 3 aromatic rings. The van der Waals surface area contributed by atoms with Gasteiger partial charge in [0.15, 0.2) is 0 Å². The van der Waals surface area contributed by atoms with Crippen LogP contribution < -0.4 is 10.3 Å². The summed E-state index contributed by atoms with van der Waals surface area (Å²) in [5.74, 6) is 1.64. The maximum absolute atomic E-state index is 4.74. The zero-order valence-corrected chi connectivity index (χ0v) is 16.3. The molecule has 1 aliphatic heterocycles. The molecule has 4 heteroatoms. The Kier molecular flexibility index (Phi) is 4.14. The first-order valence-corrected chi connectivity index (χ1v) is 9.44. The Bertz CT molecular complexity index is 938. The fourth-order valence-electron chi connectivity index (χ4n) is 4.29. The van der Waals surface area contributed by atoms with E-state index >= 15 is 0 Å². The molecule has 0 spiro atoms. The molecule has 0 saturated carbocycles. The topological polar surface area (TPSA) is 21.1 Å². The van der Waals surface area contributed by atoms with Crippen molar-refractivity contribution in [1.29, 1.82) is 0 Å². The van der Waals surface area contributed by atoms with Crippen molar-refractivity contribution in [2.45, 2.75) is 34.6 Å². The van der Waals surface area contributed by atoms with Crippen molar-refractivity contribution in [1.82, 2.24) is 9.46 Å². The maximum atomic E-state index is 4.74. The van der Waals surface area contributed by atoms with Crippen LogP contribution in [0.25, 0.3) is 11.4 Å². The third kappa shape index (κ3) is 2.56. The Hall–Kier alpha value is -2.49. The van der Waals surface area contributed by atoms with Crippen LogP contribution in [-0.4, -0.2) is 23.0 Å². The largest absolute Gasteiger partial charge is 0.417 e. The lowest BCUT2D eigenvalue weighted by Gasteiger charge is -2.40. The van der Waals surface area contributed by atoms with E-state index in [9.17, 15) is 0 Å². The molecule has 2 aromatic carbocycles. The number of aryl methyl sites for hydroxylation is 3. The predicted octanol–water partition coefficient (Wildman–Crippen LogP) is 4.19. The zero-order valence-electron chi connectivity index (χ0n) is 16.3. The van der Waals surface area contributed by atoms with Crippen LogP contribution in [0, 0.1) is 26.7 Å². The Labute approximate surface area is 156 Å². The number of fused-ring (bicyclic) bond motifs is 3. The minimum atomic E-state index is 0.144. The van der Waals surface area contributed by atoms with Gasteiger partial charge >= 0.3 is 6.98 Å². The molecule has 0 radical (unpaired) electrons. The molecule has 26 heavy (non-hydrogen) atoms. The van der Waals surface area contributed by atoms with E-state index < -0.39 is 0 Å². The van der Waals surface area contributed by atoms with Crippen molar-refractivity contribution >= 4 is 18.1 Å². The van der Waals surface area contributed by atoms with Gasteiger partial charge in [0, 0.05) is 30.2 Å². The summed E-state index contributed by atoms with van der Waals surface area (Å²) in [6.07, 6.45) is 4.07. The standard InChI is InChI=1S/C22H26BN3/c1-15(2)14-26-19-11-7-8-16(3)20(19)22-24-12-13-25(22)23(26)21-17(4)9-6-10-18(21)5/h6-13,15H,14H2,1-5H3. The van der Waals surface area contributed by atoms with Crippen molar-refractivity contribution in [3.63, 3.8) is 0 Å². The van der Waals surface area contributed by atoms with Crippen LogP contribution >= 0.6 is 0 Å². The number of rotatable bonds is 3. The van der Waals surface area contributed by atoms with Gasteiger partial charge in [-0.05, 0) is 43.8 Å². The summed E-state index contributed by atoms with van der Waals surface area (Å²) in [5.41, 5.74) is 7.90. The highest BCUT2D eigenvalue weighted by atomic mass is 15.2. The van der Waals surface area contributed by atoms with Gasteiger partial charge in [0.25, 0.3) is 0 Å². The molecule has 0 fully saturated rings. The lowest BCUT2D eigenvalue weighted by Crippen LogP contribution is -2.58. The minimum Gasteiger partial charge on any atom is -0.391 e. The van der Waals surface area contributed by atoms with Gasteiger partial charge in [0.1, 0.15) is 5.82 Å². The monoisotopic (exact) mass is 343 g/mol. The second-order valence-electron chi connectivity index (χ2n) is 7.85. The fourth-order valence-corrected chi connectivity index (χ4v) is 4.29. The molecule has 1 aromatic heterocycles. The van der Waals surface area contributed by atoms with Gasteiger partial charge < -0.3 is 9.29 Å². The molecule has 0 aliphatic carbocycles. The van der Waals surface area contributed by atoms with Crippen LogP contribution in [-0.2, 0) is 0 Å². The molecule has 3 nitrogen and oxygen atoms in total. The van der Waals surface area contributed by atoms with Crippen molar-refractivity contribution in [3.05, 3.63) is 65.5 Å². The SMILES string of the molecule is Cc1cccc(C)c1B1N(CC(C)C)c2cccc(C)c2-c2nccn21. The van der Waals surface area contributed by atoms with Gasteiger partial charge in [0.05, 0.1) is 0 Å². The molecule has 0 amide bonds. The van der Waals surface area contributed by atoms with Crippen molar-refractivity contribution in [2.24, 2.45) is 5.92 Å². The lowest BCUT2D eigenvalue weighted by atomic mass is 9.60. The molecule has 0 atom stereocenters. The van der Waals surface area contributed by atoms with Crippen LogP contribution in [0.3, 0.4) is 0 Å². The first kappa shape index (κ1) is 17.0. The van der Waals surface area contributed by atoms with E-state index in [1.807, 2.05) is 6.20 Å². The number of imidazole rings is 1. The molecule has 1 aliphatic rings. The second kappa shape index (κ2) is 6.35. The van der Waals surface area contributed by atoms with Crippen LogP contribution in [0.1, 0.15) is 30.5 Å². The van der Waals surface area contributed by atoms with Gasteiger partial charge in [0.2, 0.25) is 0 Å². The average Bonchev–Trinajstić information content (AvgIpc) is 3.05. The number of aromatic nitrogens is 2. The predicted molar refractivity (Wildman–Crippen MR) is 111 cm³/mol. The molecule has 0 unspecified atom stereocenters. The van der Waals surface area contributed by atoms with Crippen molar-refractivity contribution in [3.8, 4) is 11.4 Å². The Morgan fingerprint density at radius 3 is 2.31 bits per heavy atom. The molecule has 132 valence electrons. The van der Waals surface area contributed by atoms with E-state index in [0.717, 1.165) is 12.4 Å². The Morgan fingerprint density at radius 2 is 1.62 bits per heavy atom. The Morgan fingerprint density at radius 1 is 0.962 bits per heavy atom. The van der Waals surface area contributed by atoms with Crippen molar-refractivity contribution < 1.29 is 0 Å². The van der Waals surface area contributed by atoms with Gasteiger partial charge in [-0.15, -0.1) is 0 Å². The highest BCUT2D eigenvalue weighted by Gasteiger charge is 2.39. The molecular formula is C22H26BN3. The van der Waals surface area contributed by atoms with E-state index in [1.54, 1.807) is 0 Å². The molecule has 0 bridgehead atoms. The first-order chi connectivity index (χ1) is 12.5. The summed E-state index contributed by atoms with van der Waals surface area (Å²) >= 11 is 0. The normalized spacial score (nSPS) is 13.2. The fraction of sp³-hybridized carbons (Fsp3) is 0.318. The zero-order chi connectivity index (χ0) is 18.4. The average molecular weight is 343 g/mol. The summed E-state index contributed by atoms with van der Waals surface area (Å²) in [5, 5.41) is 0. The molecular weight excluding hydrogens is 317 g/mol. The smallest absolute Gasteiger partial charge is 0.391 e. The second-order valence-corrected chi connectivity index (χ2v) is 7.85. The van der Waals surface area contributed by atoms with E-state index in [-0.39, 0.29) is 6.98 Å². The minimum absolute atomic E-state index is 0.144. The molecule has 0 saturated heterocycles. The highest BCUT2D eigenvalue weighted by molar-refractivity contribution is 6.77. The molecule has 0 N–H and O–H groups in total. The van der Waals surface area contributed by atoms with Crippen LogP contribution in [0.4, 0.5) is 5.69 Å². The van der Waals surface area contributed by atoms with Gasteiger partial charge in [-0.1, -0.05) is 55.3 Å². The van der Waals surface area contributed by atoms with E-state index in [1.165, 1.54) is 33.4 Å². The molecule has 4 rings (SSSR count). The third-order valence-electron chi connectivity index (χ3n) is 5.37. The quantitative estimate of drug-likeness (QED) is 0.665. The lowest BCUT2D eigenvalue weighted by molar-refractivity contribution is 0.658. The Balaban J connectivity index is 2.02. The number of anilines is 1. The molecule has 2 heterocycles. The van der Waals surface area contributed by atoms with E-state index in [2.05, 4.69) is 86.5 Å². The number of hydrogen-bond donors (Lipinski definition) is 0. The van der Waals surface area contributed by atoms with Gasteiger partial charge in [-0.25, -0.2) is 4.98 Å². The number of hydrogen-bond acceptors (Lipinski definition) is 2. The summed E-state index contributed by atoms with van der Waals surface area (Å²) < 4.78 is 2.35. The number of nitrogens with zero attached hydrogens (tertiary/aromatic N) is 3. The van der Waals surface area contributed by atoms with Crippen LogP contribution in [0.2, 0.25) is 0 Å². The van der Waals surface area contributed by atoms with Gasteiger partial charge in [-0.3, -0.25) is 0 Å². The summed E-state index contributed by atoms with van der Waals surface area (Å²) in [4.78, 5) is 7.31. The summed E-state index contributed by atoms with van der Waals surface area (Å²) in [6, 6.07) is 13.2. The summed E-state index contributed by atoms with van der Waals surface area (Å²) in [7, 11) is 0. The maximum Gasteiger partial charge on any atom is 0.417 e. The van der Waals surface area contributed by atoms with Crippen molar-refractivity contribution in [2.75, 3.05) is 11.4 Å². The highest BCUT2D eigenvalue weighted by Crippen LogP contribution is 2.38. The van der Waals surface area contributed by atoms with Crippen LogP contribution in [0.5, 0.6) is 0 Å². The first-order valence-electron chi connectivity index (χ1n) is 9.44. The van der Waals surface area contributed by atoms with Gasteiger partial charge in [-0.2, -0.15) is 0 Å². The summed E-state index contributed by atoms with van der Waals surface area (Å²) in [6.45, 7) is 12.4. The number of benzene rings is 2.